The lowest BCUT2D eigenvalue weighted by molar-refractivity contribution is -0.139. The molecule has 14 heteroatoms. The maximum atomic E-state index is 12.5. The highest BCUT2D eigenvalue weighted by Crippen LogP contribution is 2.37. The van der Waals surface area contributed by atoms with Crippen LogP contribution in [0.25, 0.3) is 0 Å². The molecule has 0 saturated carbocycles. The Morgan fingerprint density at radius 2 is 1.15 bits per heavy atom. The van der Waals surface area contributed by atoms with Gasteiger partial charge in [0.1, 0.15) is 12.2 Å². The van der Waals surface area contributed by atoms with Gasteiger partial charge in [0.05, 0.1) is 17.7 Å². The Hall–Kier alpha value is -4.27. The van der Waals surface area contributed by atoms with Gasteiger partial charge in [-0.15, -0.1) is 0 Å². The minimum atomic E-state index is -2.21. The van der Waals surface area contributed by atoms with Crippen molar-refractivity contribution in [3.05, 3.63) is 35.4 Å². The van der Waals surface area contributed by atoms with Crippen molar-refractivity contribution < 1.29 is 69.8 Å². The van der Waals surface area contributed by atoms with E-state index in [4.69, 9.17) is 14.6 Å². The van der Waals surface area contributed by atoms with E-state index in [0.717, 1.165) is 0 Å². The monoisotopic (exact) mass is 484 g/mol. The number of carbonyl (C=O) groups excluding carboxylic acids is 3. The van der Waals surface area contributed by atoms with Crippen LogP contribution >= 0.6 is 0 Å². The molecule has 0 radical (unpaired) electrons. The Bertz CT molecular complexity index is 1030. The first-order chi connectivity index (χ1) is 15.9. The van der Waals surface area contributed by atoms with Crippen molar-refractivity contribution in [2.24, 2.45) is 0 Å². The van der Waals surface area contributed by atoms with E-state index in [1.165, 1.54) is 0 Å². The van der Waals surface area contributed by atoms with Gasteiger partial charge in [-0.1, -0.05) is 0 Å². The number of hydrogen-bond acceptors (Lipinski definition) is 14. The number of rotatable bonds is 9. The molecule has 0 amide bonds. The van der Waals surface area contributed by atoms with E-state index in [0.29, 0.717) is 24.3 Å². The van der Waals surface area contributed by atoms with Gasteiger partial charge in [0, 0.05) is 0 Å². The van der Waals surface area contributed by atoms with Crippen LogP contribution in [0.3, 0.4) is 0 Å². The zero-order chi connectivity index (χ0) is 25.7. The third-order valence-corrected chi connectivity index (χ3v) is 4.47. The standard InChI is InChI=1S/C20H20O14/c21-5-13(27)17(30)18(34-20(32)8-3-11(25)16(29)12(26)4-8)14(6-22)33-19(31)7-1-9(23)15(28)10(24)2-7/h1-4,6,13-14,17-18,21,23-30H,5H2/t13-,14+,17-,18-/m1/s1. The lowest BCUT2D eigenvalue weighted by Crippen LogP contribution is -2.50. The maximum Gasteiger partial charge on any atom is 0.339 e. The lowest BCUT2D eigenvalue weighted by Gasteiger charge is -2.29. The van der Waals surface area contributed by atoms with Gasteiger partial charge in [-0.25, -0.2) is 9.59 Å². The molecule has 34 heavy (non-hydrogen) atoms. The zero-order valence-electron chi connectivity index (χ0n) is 17.0. The Labute approximate surface area is 189 Å². The summed E-state index contributed by atoms with van der Waals surface area (Å²) < 4.78 is 9.75. The molecule has 9 N–H and O–H groups in total. The molecule has 0 heterocycles. The van der Waals surface area contributed by atoms with E-state index in [2.05, 4.69) is 0 Å². The van der Waals surface area contributed by atoms with Crippen LogP contribution in [0, 0.1) is 0 Å². The van der Waals surface area contributed by atoms with E-state index in [1.54, 1.807) is 0 Å². The molecule has 14 nitrogen and oxygen atoms in total. The first-order valence-corrected chi connectivity index (χ1v) is 9.25. The normalized spacial score (nSPS) is 14.4. The van der Waals surface area contributed by atoms with Crippen LogP contribution in [-0.4, -0.2) is 95.2 Å². The average Bonchev–Trinajstić information content (AvgIpc) is 2.80. The molecule has 0 aromatic heterocycles. The van der Waals surface area contributed by atoms with Gasteiger partial charge in [0.2, 0.25) is 0 Å². The molecule has 184 valence electrons. The van der Waals surface area contributed by atoms with Crippen molar-refractivity contribution in [1.82, 2.24) is 0 Å². The Morgan fingerprint density at radius 1 is 0.765 bits per heavy atom. The van der Waals surface area contributed by atoms with Crippen LogP contribution in [0.4, 0.5) is 0 Å². The number of phenolic OH excluding ortho intramolecular Hbond substituents is 6. The van der Waals surface area contributed by atoms with E-state index < -0.39 is 88.6 Å². The molecule has 0 aliphatic rings. The summed E-state index contributed by atoms with van der Waals surface area (Å²) in [5.41, 5.74) is -1.16. The Balaban J connectivity index is 2.36. The van der Waals surface area contributed by atoms with Gasteiger partial charge in [-0.3, -0.25) is 4.79 Å². The quantitative estimate of drug-likeness (QED) is 0.113. The molecule has 4 atom stereocenters. The van der Waals surface area contributed by atoms with Gasteiger partial charge < -0.3 is 55.4 Å². The number of aliphatic hydroxyl groups excluding tert-OH is 3. The summed E-state index contributed by atoms with van der Waals surface area (Å²) in [5.74, 6) is -8.42. The predicted octanol–water partition coefficient (Wildman–Crippen LogP) is -1.42. The van der Waals surface area contributed by atoms with Crippen LogP contribution in [-0.2, 0) is 14.3 Å². The number of ether oxygens (including phenoxy) is 2. The molecule has 2 aromatic rings. The molecule has 2 aromatic carbocycles. The molecule has 0 fully saturated rings. The van der Waals surface area contributed by atoms with Crippen LogP contribution in [0.15, 0.2) is 24.3 Å². The fourth-order valence-electron chi connectivity index (χ4n) is 2.66. The van der Waals surface area contributed by atoms with Crippen LogP contribution in [0.1, 0.15) is 20.7 Å². The molecular weight excluding hydrogens is 464 g/mol. The van der Waals surface area contributed by atoms with Crippen LogP contribution in [0.2, 0.25) is 0 Å². The number of esters is 2. The van der Waals surface area contributed by atoms with Crippen molar-refractivity contribution in [3.63, 3.8) is 0 Å². The highest BCUT2D eigenvalue weighted by atomic mass is 16.6. The number of hydrogen-bond donors (Lipinski definition) is 9. The molecular formula is C20H20O14. The van der Waals surface area contributed by atoms with Crippen LogP contribution < -0.4 is 0 Å². The topological polar surface area (TPSA) is 252 Å². The molecule has 0 unspecified atom stereocenters. The summed E-state index contributed by atoms with van der Waals surface area (Å²) in [6, 6.07) is 2.66. The SMILES string of the molecule is O=C[C@H](OC(=O)c1cc(O)c(O)c(O)c1)[C@@H](OC(=O)c1cc(O)c(O)c(O)c1)[C@H](O)[C@H](O)CO. The number of benzene rings is 2. The molecule has 2 rings (SSSR count). The number of phenols is 6. The summed E-state index contributed by atoms with van der Waals surface area (Å²) >= 11 is 0. The Kier molecular flexibility index (Phi) is 8.07. The van der Waals surface area contributed by atoms with Crippen molar-refractivity contribution in [3.8, 4) is 34.5 Å². The van der Waals surface area contributed by atoms with Gasteiger partial charge >= 0.3 is 11.9 Å². The highest BCUT2D eigenvalue weighted by Gasteiger charge is 2.39. The summed E-state index contributed by atoms with van der Waals surface area (Å²) in [4.78, 5) is 36.4. The van der Waals surface area contributed by atoms with Gasteiger partial charge in [-0.05, 0) is 24.3 Å². The number of aldehydes is 1. The molecule has 0 bridgehead atoms. The summed E-state index contributed by atoms with van der Waals surface area (Å²) in [6.45, 7) is -1.07. The first-order valence-electron chi connectivity index (χ1n) is 9.25. The minimum absolute atomic E-state index is 0.102. The maximum absolute atomic E-state index is 12.5. The van der Waals surface area contributed by atoms with Gasteiger partial charge in [0.25, 0.3) is 0 Å². The molecule has 0 saturated heterocycles. The van der Waals surface area contributed by atoms with E-state index in [9.17, 15) is 55.2 Å². The van der Waals surface area contributed by atoms with E-state index in [1.807, 2.05) is 0 Å². The number of aromatic hydroxyl groups is 6. The van der Waals surface area contributed by atoms with Gasteiger partial charge in [-0.2, -0.15) is 0 Å². The first kappa shape index (κ1) is 26.0. The third kappa shape index (κ3) is 5.55. The fourth-order valence-corrected chi connectivity index (χ4v) is 2.66. The average molecular weight is 484 g/mol. The third-order valence-electron chi connectivity index (χ3n) is 4.47. The van der Waals surface area contributed by atoms with Crippen molar-refractivity contribution in [2.75, 3.05) is 6.61 Å². The van der Waals surface area contributed by atoms with E-state index >= 15 is 0 Å². The molecule has 0 aliphatic carbocycles. The van der Waals surface area contributed by atoms with Crippen molar-refractivity contribution in [2.45, 2.75) is 24.4 Å². The van der Waals surface area contributed by atoms with Gasteiger partial charge in [0.15, 0.2) is 53.0 Å². The second kappa shape index (κ2) is 10.6. The predicted molar refractivity (Wildman–Crippen MR) is 106 cm³/mol. The van der Waals surface area contributed by atoms with Crippen LogP contribution in [0.5, 0.6) is 34.5 Å². The largest absolute Gasteiger partial charge is 0.504 e. The fraction of sp³-hybridized carbons (Fsp3) is 0.250. The second-order valence-corrected chi connectivity index (χ2v) is 6.84. The number of carbonyl (C=O) groups is 3. The lowest BCUT2D eigenvalue weighted by atomic mass is 10.0. The number of aliphatic hydroxyl groups is 3. The second-order valence-electron chi connectivity index (χ2n) is 6.84. The summed E-state index contributed by atoms with van der Waals surface area (Å²) in [5, 5.41) is 85.9. The molecule has 0 aliphatic heterocycles. The smallest absolute Gasteiger partial charge is 0.339 e. The molecule has 0 spiro atoms. The van der Waals surface area contributed by atoms with Crippen molar-refractivity contribution >= 4 is 18.2 Å². The Morgan fingerprint density at radius 3 is 1.50 bits per heavy atom. The van der Waals surface area contributed by atoms with Crippen molar-refractivity contribution in [1.29, 1.82) is 0 Å². The summed E-state index contributed by atoms with van der Waals surface area (Å²) in [7, 11) is 0. The highest BCUT2D eigenvalue weighted by molar-refractivity contribution is 5.93. The zero-order valence-corrected chi connectivity index (χ0v) is 17.0. The summed E-state index contributed by atoms with van der Waals surface area (Å²) in [6.07, 6.45) is -8.60. The van der Waals surface area contributed by atoms with E-state index in [-0.39, 0.29) is 6.29 Å². The minimum Gasteiger partial charge on any atom is -0.504 e.